The maximum atomic E-state index is 12.2. The molecule has 134 valence electrons. The van der Waals surface area contributed by atoms with Crippen molar-refractivity contribution in [1.82, 2.24) is 4.98 Å². The fraction of sp³-hybridized carbons (Fsp3) is 0.150. The Morgan fingerprint density at radius 2 is 1.58 bits per heavy atom. The van der Waals surface area contributed by atoms with E-state index in [2.05, 4.69) is 15.0 Å². The maximum absolute atomic E-state index is 12.2. The molecule has 0 aliphatic rings. The van der Waals surface area contributed by atoms with Crippen LogP contribution < -0.4 is 10.0 Å². The number of rotatable bonds is 7. The van der Waals surface area contributed by atoms with Crippen LogP contribution in [0, 0.1) is 6.92 Å². The molecular formula is C20H21N3O2S. The van der Waals surface area contributed by atoms with E-state index in [1.807, 2.05) is 61.5 Å². The van der Waals surface area contributed by atoms with Gasteiger partial charge in [0.05, 0.1) is 17.6 Å². The zero-order chi connectivity index (χ0) is 18.4. The molecule has 0 aliphatic carbocycles. The minimum absolute atomic E-state index is 0.0282. The number of pyridine rings is 1. The predicted octanol–water partition coefficient (Wildman–Crippen LogP) is 4.12. The Hall–Kier alpha value is -2.86. The Morgan fingerprint density at radius 3 is 2.23 bits per heavy atom. The number of aromatic nitrogens is 1. The normalized spacial score (nSPS) is 11.1. The molecule has 0 bridgehead atoms. The van der Waals surface area contributed by atoms with Gasteiger partial charge in [0.15, 0.2) is 0 Å². The lowest BCUT2D eigenvalue weighted by Crippen LogP contribution is -2.18. The van der Waals surface area contributed by atoms with Crippen molar-refractivity contribution in [2.75, 3.05) is 15.8 Å². The smallest absolute Gasteiger partial charge is 0.233 e. The third-order valence-electron chi connectivity index (χ3n) is 3.86. The van der Waals surface area contributed by atoms with Gasteiger partial charge in [-0.05, 0) is 43.2 Å². The molecule has 0 radical (unpaired) electrons. The van der Waals surface area contributed by atoms with Crippen LogP contribution in [0.5, 0.6) is 0 Å². The summed E-state index contributed by atoms with van der Waals surface area (Å²) in [7, 11) is -3.42. The van der Waals surface area contributed by atoms with E-state index in [0.717, 1.165) is 11.3 Å². The molecule has 0 saturated carbocycles. The molecule has 1 aromatic heterocycles. The highest BCUT2D eigenvalue weighted by molar-refractivity contribution is 7.92. The number of hydrogen-bond acceptors (Lipinski definition) is 4. The average molecular weight is 367 g/mol. The highest BCUT2D eigenvalue weighted by Gasteiger charge is 2.11. The standard InChI is InChI=1S/C20H21N3O2S/c1-16-7-9-18(10-8-16)22-20-12-11-19(15-21-20)23-26(24,25)14-13-17-5-3-2-4-6-17/h2-12,15,23H,13-14H2,1H3,(H,21,22). The first-order chi connectivity index (χ1) is 12.5. The van der Waals surface area contributed by atoms with Gasteiger partial charge in [-0.2, -0.15) is 0 Å². The topological polar surface area (TPSA) is 71.1 Å². The number of benzene rings is 2. The zero-order valence-corrected chi connectivity index (χ0v) is 15.3. The Balaban J connectivity index is 1.58. The fourth-order valence-corrected chi connectivity index (χ4v) is 3.53. The Labute approximate surface area is 154 Å². The number of anilines is 3. The average Bonchev–Trinajstić information content (AvgIpc) is 2.64. The molecule has 6 heteroatoms. The Bertz CT molecular complexity index is 939. The second-order valence-corrected chi connectivity index (χ2v) is 7.92. The number of hydrogen-bond donors (Lipinski definition) is 2. The molecule has 2 aromatic carbocycles. The van der Waals surface area contributed by atoms with Gasteiger partial charge in [-0.15, -0.1) is 0 Å². The van der Waals surface area contributed by atoms with Crippen LogP contribution in [-0.4, -0.2) is 19.2 Å². The van der Waals surface area contributed by atoms with E-state index in [0.29, 0.717) is 17.9 Å². The minimum atomic E-state index is -3.42. The summed E-state index contributed by atoms with van der Waals surface area (Å²) in [4.78, 5) is 4.26. The van der Waals surface area contributed by atoms with E-state index >= 15 is 0 Å². The van der Waals surface area contributed by atoms with Crippen molar-refractivity contribution in [3.63, 3.8) is 0 Å². The fourth-order valence-electron chi connectivity index (χ4n) is 2.44. The Kier molecular flexibility index (Phi) is 5.53. The molecule has 0 spiro atoms. The van der Waals surface area contributed by atoms with E-state index in [4.69, 9.17) is 0 Å². The number of aryl methyl sites for hydroxylation is 2. The van der Waals surface area contributed by atoms with E-state index in [1.54, 1.807) is 12.1 Å². The molecule has 0 saturated heterocycles. The maximum Gasteiger partial charge on any atom is 0.233 e. The summed E-state index contributed by atoms with van der Waals surface area (Å²) in [6.45, 7) is 2.03. The summed E-state index contributed by atoms with van der Waals surface area (Å²) in [6, 6.07) is 21.0. The largest absolute Gasteiger partial charge is 0.340 e. The summed E-state index contributed by atoms with van der Waals surface area (Å²) in [5, 5.41) is 3.18. The highest BCUT2D eigenvalue weighted by Crippen LogP contribution is 2.17. The van der Waals surface area contributed by atoms with Crippen LogP contribution in [0.25, 0.3) is 0 Å². The van der Waals surface area contributed by atoms with Crippen LogP contribution >= 0.6 is 0 Å². The van der Waals surface area contributed by atoms with Crippen molar-refractivity contribution in [2.24, 2.45) is 0 Å². The van der Waals surface area contributed by atoms with Crippen LogP contribution in [0.1, 0.15) is 11.1 Å². The molecular weight excluding hydrogens is 346 g/mol. The highest BCUT2D eigenvalue weighted by atomic mass is 32.2. The molecule has 2 N–H and O–H groups in total. The second-order valence-electron chi connectivity index (χ2n) is 6.08. The van der Waals surface area contributed by atoms with Gasteiger partial charge in [-0.3, -0.25) is 4.72 Å². The molecule has 0 unspecified atom stereocenters. The molecule has 0 fully saturated rings. The third-order valence-corrected chi connectivity index (χ3v) is 5.15. The van der Waals surface area contributed by atoms with Gasteiger partial charge in [-0.25, -0.2) is 13.4 Å². The summed E-state index contributed by atoms with van der Waals surface area (Å²) < 4.78 is 27.0. The van der Waals surface area contributed by atoms with Gasteiger partial charge in [0.25, 0.3) is 0 Å². The van der Waals surface area contributed by atoms with Crippen LogP contribution in [0.2, 0.25) is 0 Å². The molecule has 0 aliphatic heterocycles. The number of nitrogens with one attached hydrogen (secondary N) is 2. The second kappa shape index (κ2) is 8.01. The van der Waals surface area contributed by atoms with Crippen molar-refractivity contribution < 1.29 is 8.42 Å². The van der Waals surface area contributed by atoms with Gasteiger partial charge in [0.2, 0.25) is 10.0 Å². The summed E-state index contributed by atoms with van der Waals surface area (Å²) >= 11 is 0. The van der Waals surface area contributed by atoms with E-state index < -0.39 is 10.0 Å². The molecule has 3 rings (SSSR count). The molecule has 0 atom stereocenters. The molecule has 1 heterocycles. The van der Waals surface area contributed by atoms with Crippen molar-refractivity contribution in [3.05, 3.63) is 84.1 Å². The quantitative estimate of drug-likeness (QED) is 0.659. The zero-order valence-electron chi connectivity index (χ0n) is 14.5. The monoisotopic (exact) mass is 367 g/mol. The van der Waals surface area contributed by atoms with Gasteiger partial charge in [-0.1, -0.05) is 48.0 Å². The van der Waals surface area contributed by atoms with Gasteiger partial charge < -0.3 is 5.32 Å². The molecule has 0 amide bonds. The lowest BCUT2D eigenvalue weighted by Gasteiger charge is -2.09. The first kappa shape index (κ1) is 17.9. The number of sulfonamides is 1. The Morgan fingerprint density at radius 1 is 0.885 bits per heavy atom. The van der Waals surface area contributed by atoms with Crippen LogP contribution in [0.15, 0.2) is 72.9 Å². The minimum Gasteiger partial charge on any atom is -0.340 e. The van der Waals surface area contributed by atoms with E-state index in [-0.39, 0.29) is 5.75 Å². The summed E-state index contributed by atoms with van der Waals surface area (Å²) in [5.41, 5.74) is 3.56. The van der Waals surface area contributed by atoms with Crippen molar-refractivity contribution in [3.8, 4) is 0 Å². The van der Waals surface area contributed by atoms with E-state index in [9.17, 15) is 8.42 Å². The molecule has 26 heavy (non-hydrogen) atoms. The first-order valence-electron chi connectivity index (χ1n) is 8.34. The van der Waals surface area contributed by atoms with E-state index in [1.165, 1.54) is 11.8 Å². The lowest BCUT2D eigenvalue weighted by molar-refractivity contribution is 0.600. The van der Waals surface area contributed by atoms with Crippen molar-refractivity contribution >= 4 is 27.2 Å². The third kappa shape index (κ3) is 5.32. The van der Waals surface area contributed by atoms with Crippen molar-refractivity contribution in [2.45, 2.75) is 13.3 Å². The van der Waals surface area contributed by atoms with Crippen molar-refractivity contribution in [1.29, 1.82) is 0 Å². The van der Waals surface area contributed by atoms with Gasteiger partial charge in [0, 0.05) is 5.69 Å². The molecule has 5 nitrogen and oxygen atoms in total. The van der Waals surface area contributed by atoms with Crippen LogP contribution in [0.3, 0.4) is 0 Å². The summed E-state index contributed by atoms with van der Waals surface area (Å²) in [5.74, 6) is 0.682. The molecule has 3 aromatic rings. The van der Waals surface area contributed by atoms with Crippen LogP contribution in [0.4, 0.5) is 17.2 Å². The SMILES string of the molecule is Cc1ccc(Nc2ccc(NS(=O)(=O)CCc3ccccc3)cn2)cc1. The van der Waals surface area contributed by atoms with Crippen LogP contribution in [-0.2, 0) is 16.4 Å². The predicted molar refractivity (Wildman–Crippen MR) is 106 cm³/mol. The van der Waals surface area contributed by atoms with Gasteiger partial charge in [0.1, 0.15) is 5.82 Å². The van der Waals surface area contributed by atoms with Gasteiger partial charge >= 0.3 is 0 Å². The lowest BCUT2D eigenvalue weighted by atomic mass is 10.2. The summed E-state index contributed by atoms with van der Waals surface area (Å²) in [6.07, 6.45) is 1.98. The number of nitrogens with zero attached hydrogens (tertiary/aromatic N) is 1. The first-order valence-corrected chi connectivity index (χ1v) is 10.00.